The zero-order chi connectivity index (χ0) is 29.2. The topological polar surface area (TPSA) is 78.0 Å². The maximum atomic E-state index is 13.8. The maximum absolute atomic E-state index is 13.8. The molecule has 41 heavy (non-hydrogen) atoms. The number of amides is 3. The summed E-state index contributed by atoms with van der Waals surface area (Å²) in [5, 5.41) is 2.61. The van der Waals surface area contributed by atoms with Crippen molar-refractivity contribution in [1.82, 2.24) is 14.7 Å². The molecule has 1 aliphatic heterocycles. The van der Waals surface area contributed by atoms with Gasteiger partial charge in [0.15, 0.2) is 0 Å². The molecule has 2 atom stereocenters. The Morgan fingerprint density at radius 1 is 1.00 bits per heavy atom. The highest BCUT2D eigenvalue weighted by molar-refractivity contribution is 7.09. The molecule has 3 amide bonds. The van der Waals surface area contributed by atoms with E-state index in [0.717, 1.165) is 22.3 Å². The quantitative estimate of drug-likeness (QED) is 0.255. The minimum atomic E-state index is -0.915. The third-order valence-corrected chi connectivity index (χ3v) is 8.72. The number of aldehydes is 1. The molecule has 1 aromatic heterocycles. The number of rotatable bonds is 14. The van der Waals surface area contributed by atoms with Crippen LogP contribution in [0.4, 0.5) is 0 Å². The van der Waals surface area contributed by atoms with Crippen molar-refractivity contribution in [2.45, 2.75) is 51.1 Å². The van der Waals surface area contributed by atoms with E-state index in [4.69, 9.17) is 11.6 Å². The van der Waals surface area contributed by atoms with Crippen LogP contribution in [-0.2, 0) is 38.4 Å². The van der Waals surface area contributed by atoms with Crippen molar-refractivity contribution in [3.63, 3.8) is 0 Å². The van der Waals surface area contributed by atoms with Gasteiger partial charge in [-0.05, 0) is 60.4 Å². The van der Waals surface area contributed by atoms with Gasteiger partial charge in [0.05, 0.1) is 19.0 Å². The number of hydrogen-bond donors (Lipinski definition) is 0. The van der Waals surface area contributed by atoms with Crippen molar-refractivity contribution in [1.29, 1.82) is 0 Å². The Morgan fingerprint density at radius 2 is 1.73 bits per heavy atom. The Kier molecular flexibility index (Phi) is 11.1. The van der Waals surface area contributed by atoms with E-state index in [1.807, 2.05) is 66.9 Å². The lowest BCUT2D eigenvalue weighted by molar-refractivity contribution is -0.158. The fourth-order valence-corrected chi connectivity index (χ4v) is 5.98. The van der Waals surface area contributed by atoms with Crippen LogP contribution >= 0.6 is 22.9 Å². The van der Waals surface area contributed by atoms with Crippen LogP contribution in [0, 0.1) is 0 Å². The van der Waals surface area contributed by atoms with Gasteiger partial charge in [0.1, 0.15) is 12.3 Å². The fraction of sp³-hybridized carbons (Fsp3) is 0.375. The second-order valence-electron chi connectivity index (χ2n) is 10.2. The molecule has 216 valence electrons. The summed E-state index contributed by atoms with van der Waals surface area (Å²) in [6.45, 7) is 2.91. The van der Waals surface area contributed by atoms with E-state index in [1.54, 1.807) is 38.2 Å². The molecule has 1 aliphatic rings. The monoisotopic (exact) mass is 593 g/mol. The van der Waals surface area contributed by atoms with E-state index in [-0.39, 0.29) is 30.7 Å². The lowest BCUT2D eigenvalue weighted by Crippen LogP contribution is -2.61. The number of piperazine rings is 1. The second kappa shape index (κ2) is 14.9. The lowest BCUT2D eigenvalue weighted by atomic mass is 10.0. The van der Waals surface area contributed by atoms with Crippen LogP contribution in [0.25, 0.3) is 0 Å². The first kappa shape index (κ1) is 30.5. The highest BCUT2D eigenvalue weighted by Gasteiger charge is 2.41. The van der Waals surface area contributed by atoms with Gasteiger partial charge >= 0.3 is 0 Å². The molecule has 9 heteroatoms. The molecule has 0 aliphatic carbocycles. The van der Waals surface area contributed by atoms with Crippen molar-refractivity contribution in [3.05, 3.63) is 93.1 Å². The van der Waals surface area contributed by atoms with Crippen molar-refractivity contribution in [2.75, 3.05) is 26.2 Å². The fourth-order valence-electron chi connectivity index (χ4n) is 5.16. The molecule has 7 nitrogen and oxygen atoms in total. The third-order valence-electron chi connectivity index (χ3n) is 7.53. The van der Waals surface area contributed by atoms with E-state index in [0.29, 0.717) is 50.3 Å². The molecule has 2 aromatic carbocycles. The molecule has 0 saturated carbocycles. The van der Waals surface area contributed by atoms with Crippen molar-refractivity contribution < 1.29 is 19.2 Å². The van der Waals surface area contributed by atoms with Gasteiger partial charge in [0.25, 0.3) is 0 Å². The van der Waals surface area contributed by atoms with E-state index in [1.165, 1.54) is 0 Å². The molecular formula is C32H36ClN3O4S. The first-order chi connectivity index (χ1) is 19.9. The Morgan fingerprint density at radius 3 is 2.39 bits per heavy atom. The summed E-state index contributed by atoms with van der Waals surface area (Å²) in [5.41, 5.74) is 2.06. The second-order valence-corrected chi connectivity index (χ2v) is 11.7. The van der Waals surface area contributed by atoms with Crippen LogP contribution < -0.4 is 0 Å². The first-order valence-electron chi connectivity index (χ1n) is 14.0. The van der Waals surface area contributed by atoms with E-state index < -0.39 is 12.1 Å². The van der Waals surface area contributed by atoms with E-state index in [9.17, 15) is 19.2 Å². The van der Waals surface area contributed by atoms with Crippen LogP contribution in [0.1, 0.15) is 35.8 Å². The average molecular weight is 594 g/mol. The molecule has 0 spiro atoms. The molecule has 1 fully saturated rings. The third kappa shape index (κ3) is 8.27. The standard InChI is InChI=1S/C32H36ClN3O4S/c1-2-27(23-37)35(18-15-25-10-12-26(33)13-11-25)30(38)21-29-32(40)34(17-14-24-7-4-3-5-8-24)22-31(39)36(29)19-16-28-9-6-20-41-28/h3-13,20,23,27,29H,2,14-19,21-22H2,1H3. The van der Waals surface area contributed by atoms with Gasteiger partial charge in [-0.15, -0.1) is 11.3 Å². The molecule has 3 aromatic rings. The van der Waals surface area contributed by atoms with Gasteiger partial charge in [-0.1, -0.05) is 67.1 Å². The predicted octanol–water partition coefficient (Wildman–Crippen LogP) is 4.67. The summed E-state index contributed by atoms with van der Waals surface area (Å²) < 4.78 is 0. The van der Waals surface area contributed by atoms with Gasteiger partial charge in [-0.25, -0.2) is 0 Å². The van der Waals surface area contributed by atoms with Crippen LogP contribution in [0.3, 0.4) is 0 Å². The van der Waals surface area contributed by atoms with Gasteiger partial charge in [-0.2, -0.15) is 0 Å². The van der Waals surface area contributed by atoms with Crippen molar-refractivity contribution >= 4 is 46.9 Å². The lowest BCUT2D eigenvalue weighted by Gasteiger charge is -2.41. The Bertz CT molecular complexity index is 1300. The Balaban J connectivity index is 1.52. The number of carbonyl (C=O) groups is 4. The van der Waals surface area contributed by atoms with Gasteiger partial charge in [-0.3, -0.25) is 14.4 Å². The molecule has 0 bridgehead atoms. The zero-order valence-corrected chi connectivity index (χ0v) is 24.9. The van der Waals surface area contributed by atoms with E-state index >= 15 is 0 Å². The normalized spacial score (nSPS) is 16.1. The van der Waals surface area contributed by atoms with Gasteiger partial charge in [0, 0.05) is 29.5 Å². The smallest absolute Gasteiger partial charge is 0.246 e. The number of carbonyl (C=O) groups excluding carboxylic acids is 4. The number of halogens is 1. The SMILES string of the molecule is CCC(C=O)N(CCc1ccc(Cl)cc1)C(=O)CC1C(=O)N(CCc2ccccc2)CC(=O)N1CCc1cccs1. The van der Waals surface area contributed by atoms with E-state index in [2.05, 4.69) is 0 Å². The van der Waals surface area contributed by atoms with Gasteiger partial charge < -0.3 is 19.5 Å². The summed E-state index contributed by atoms with van der Waals surface area (Å²) in [4.78, 5) is 58.8. The summed E-state index contributed by atoms with van der Waals surface area (Å²) in [6, 6.07) is 19.6. The average Bonchev–Trinajstić information content (AvgIpc) is 3.51. The summed E-state index contributed by atoms with van der Waals surface area (Å²) in [6.07, 6.45) is 2.84. The Hall–Kier alpha value is -3.49. The zero-order valence-electron chi connectivity index (χ0n) is 23.3. The molecule has 2 heterocycles. The number of nitrogens with zero attached hydrogens (tertiary/aromatic N) is 3. The minimum Gasteiger partial charge on any atom is -0.333 e. The number of hydrogen-bond acceptors (Lipinski definition) is 5. The summed E-state index contributed by atoms with van der Waals surface area (Å²) in [7, 11) is 0. The van der Waals surface area contributed by atoms with Crippen LogP contribution in [0.5, 0.6) is 0 Å². The molecule has 4 rings (SSSR count). The molecule has 0 N–H and O–H groups in total. The maximum Gasteiger partial charge on any atom is 0.246 e. The molecule has 2 unspecified atom stereocenters. The predicted molar refractivity (Wildman–Crippen MR) is 162 cm³/mol. The van der Waals surface area contributed by atoms with Crippen LogP contribution in [0.2, 0.25) is 5.02 Å². The molecule has 1 saturated heterocycles. The number of benzene rings is 2. The molecule has 0 radical (unpaired) electrons. The highest BCUT2D eigenvalue weighted by atomic mass is 35.5. The largest absolute Gasteiger partial charge is 0.333 e. The first-order valence-corrected chi connectivity index (χ1v) is 15.3. The van der Waals surface area contributed by atoms with Crippen molar-refractivity contribution in [3.8, 4) is 0 Å². The van der Waals surface area contributed by atoms with Crippen LogP contribution in [-0.4, -0.2) is 77.0 Å². The Labute approximate surface area is 250 Å². The highest BCUT2D eigenvalue weighted by Crippen LogP contribution is 2.21. The number of thiophene rings is 1. The van der Waals surface area contributed by atoms with Crippen molar-refractivity contribution in [2.24, 2.45) is 0 Å². The minimum absolute atomic E-state index is 0.00694. The summed E-state index contributed by atoms with van der Waals surface area (Å²) in [5.74, 6) is -0.700. The molecular weight excluding hydrogens is 558 g/mol. The van der Waals surface area contributed by atoms with Crippen LogP contribution in [0.15, 0.2) is 72.1 Å². The van der Waals surface area contributed by atoms with Gasteiger partial charge in [0.2, 0.25) is 17.7 Å². The summed E-state index contributed by atoms with van der Waals surface area (Å²) >= 11 is 7.62.